The van der Waals surface area contributed by atoms with E-state index in [4.69, 9.17) is 10.5 Å². The van der Waals surface area contributed by atoms with Gasteiger partial charge in [-0.3, -0.25) is 4.57 Å². The number of hydrogen-bond acceptors (Lipinski definition) is 6. The van der Waals surface area contributed by atoms with E-state index in [0.717, 1.165) is 64.6 Å². The van der Waals surface area contributed by atoms with Crippen LogP contribution in [0.15, 0.2) is 30.7 Å². The molecule has 0 aliphatic carbocycles. The molecule has 1 aliphatic heterocycles. The van der Waals surface area contributed by atoms with E-state index in [2.05, 4.69) is 33.4 Å². The highest BCUT2D eigenvalue weighted by molar-refractivity contribution is 6.03. The van der Waals surface area contributed by atoms with Gasteiger partial charge in [-0.1, -0.05) is 6.07 Å². The molecule has 9 nitrogen and oxygen atoms in total. The van der Waals surface area contributed by atoms with Gasteiger partial charge in [0.2, 0.25) is 0 Å². The van der Waals surface area contributed by atoms with Crippen molar-refractivity contribution in [1.82, 2.24) is 28.9 Å². The Morgan fingerprint density at radius 2 is 2.06 bits per heavy atom. The zero-order chi connectivity index (χ0) is 22.0. The van der Waals surface area contributed by atoms with Crippen LogP contribution in [-0.4, -0.2) is 35.6 Å². The lowest BCUT2D eigenvalue weighted by Gasteiger charge is -2.23. The van der Waals surface area contributed by atoms with Gasteiger partial charge >= 0.3 is 0 Å². The summed E-state index contributed by atoms with van der Waals surface area (Å²) in [6, 6.07) is 8.37. The molecular formula is C23H22N8O. The third-order valence-corrected chi connectivity index (χ3v) is 6.41. The monoisotopic (exact) mass is 426 g/mol. The fourth-order valence-corrected chi connectivity index (χ4v) is 4.91. The lowest BCUT2D eigenvalue weighted by Crippen LogP contribution is -2.19. The van der Waals surface area contributed by atoms with Crippen molar-refractivity contribution in [1.29, 1.82) is 5.26 Å². The second-order valence-corrected chi connectivity index (χ2v) is 8.33. The van der Waals surface area contributed by atoms with Crippen molar-refractivity contribution in [2.45, 2.75) is 39.3 Å². The van der Waals surface area contributed by atoms with Crippen LogP contribution >= 0.6 is 0 Å². The Balaban J connectivity index is 1.71. The number of nitrogens with two attached hydrogens (primary N) is 1. The van der Waals surface area contributed by atoms with Gasteiger partial charge in [-0.2, -0.15) is 15.5 Å². The Morgan fingerprint density at radius 1 is 1.19 bits per heavy atom. The van der Waals surface area contributed by atoms with Crippen LogP contribution in [0.5, 0.6) is 0 Å². The number of fused-ring (bicyclic) bond motifs is 4. The Kier molecular flexibility index (Phi) is 4.00. The molecule has 0 spiro atoms. The predicted molar refractivity (Wildman–Crippen MR) is 121 cm³/mol. The molecule has 1 aliphatic rings. The van der Waals surface area contributed by atoms with Crippen LogP contribution in [0, 0.1) is 25.2 Å². The highest BCUT2D eigenvalue weighted by Crippen LogP contribution is 2.38. The minimum absolute atomic E-state index is 0.0731. The maximum atomic E-state index is 9.93. The van der Waals surface area contributed by atoms with Gasteiger partial charge in [-0.25, -0.2) is 14.2 Å². The van der Waals surface area contributed by atoms with Crippen molar-refractivity contribution < 1.29 is 4.74 Å². The van der Waals surface area contributed by atoms with Crippen molar-refractivity contribution >= 4 is 33.3 Å². The molecule has 1 atom stereocenters. The minimum Gasteiger partial charge on any atom is -0.384 e. The highest BCUT2D eigenvalue weighted by atomic mass is 16.5. The average Bonchev–Trinajstić information content (AvgIpc) is 3.51. The Labute approximate surface area is 183 Å². The third-order valence-electron chi connectivity index (χ3n) is 6.41. The van der Waals surface area contributed by atoms with Crippen LogP contribution in [0.2, 0.25) is 0 Å². The second kappa shape index (κ2) is 6.80. The Morgan fingerprint density at radius 3 is 2.84 bits per heavy atom. The van der Waals surface area contributed by atoms with Gasteiger partial charge in [0.25, 0.3) is 0 Å². The van der Waals surface area contributed by atoms with Crippen molar-refractivity contribution in [2.75, 3.05) is 12.3 Å². The van der Waals surface area contributed by atoms with Gasteiger partial charge < -0.3 is 10.5 Å². The lowest BCUT2D eigenvalue weighted by atomic mass is 10.1. The molecule has 2 N–H and O–H groups in total. The molecule has 1 aromatic carbocycles. The number of rotatable bonds is 2. The van der Waals surface area contributed by atoms with Crippen LogP contribution in [-0.2, 0) is 4.74 Å². The number of nitrogen functional groups attached to an aromatic ring is 1. The first-order chi connectivity index (χ1) is 15.6. The molecule has 1 fully saturated rings. The van der Waals surface area contributed by atoms with Gasteiger partial charge in [-0.05, 0) is 50.8 Å². The minimum atomic E-state index is -0.0731. The maximum absolute atomic E-state index is 9.93. The van der Waals surface area contributed by atoms with Crippen LogP contribution < -0.4 is 5.73 Å². The summed E-state index contributed by atoms with van der Waals surface area (Å²) in [4.78, 5) is 4.50. The van der Waals surface area contributed by atoms with Crippen LogP contribution in [0.25, 0.3) is 33.1 Å². The molecule has 6 rings (SSSR count). The fourth-order valence-electron chi connectivity index (χ4n) is 4.91. The average molecular weight is 426 g/mol. The fraction of sp³-hybridized carbons (Fsp3) is 0.304. The smallest absolute Gasteiger partial charge is 0.180 e. The molecule has 0 radical (unpaired) electrons. The first kappa shape index (κ1) is 18.8. The molecular weight excluding hydrogens is 404 g/mol. The first-order valence-corrected chi connectivity index (χ1v) is 10.7. The first-order valence-electron chi connectivity index (χ1n) is 10.7. The van der Waals surface area contributed by atoms with Gasteiger partial charge in [-0.15, -0.1) is 0 Å². The summed E-state index contributed by atoms with van der Waals surface area (Å²) in [5, 5.41) is 20.7. The number of ether oxygens (including phenoxy) is 1. The zero-order valence-electron chi connectivity index (χ0n) is 17.9. The van der Waals surface area contributed by atoms with Crippen molar-refractivity contribution in [3.63, 3.8) is 0 Å². The standard InChI is InChI=1S/C23H22N8O/c1-13-6-7-18-17(11-27-31(18)19-5-3-4-8-32-19)20(13)29-21-15(16(10-24)22(29)25)9-14(2)30-23(21)26-12-28-30/h6-7,9,11-12,19H,3-5,8,25H2,1-2H3. The summed E-state index contributed by atoms with van der Waals surface area (Å²) < 4.78 is 11.7. The number of nitriles is 1. The second-order valence-electron chi connectivity index (χ2n) is 8.33. The molecule has 1 saturated heterocycles. The van der Waals surface area contributed by atoms with E-state index >= 15 is 0 Å². The molecule has 0 saturated carbocycles. The molecule has 5 aromatic rings. The zero-order valence-corrected chi connectivity index (χ0v) is 17.9. The van der Waals surface area contributed by atoms with E-state index in [9.17, 15) is 5.26 Å². The van der Waals surface area contributed by atoms with Gasteiger partial charge in [0.05, 0.1) is 17.4 Å². The summed E-state index contributed by atoms with van der Waals surface area (Å²) in [7, 11) is 0. The number of hydrogen-bond donors (Lipinski definition) is 1. The maximum Gasteiger partial charge on any atom is 0.180 e. The Hall–Kier alpha value is -3.90. The van der Waals surface area contributed by atoms with E-state index in [-0.39, 0.29) is 6.23 Å². The van der Waals surface area contributed by atoms with Gasteiger partial charge in [0.1, 0.15) is 29.3 Å². The number of aryl methyl sites for hydroxylation is 2. The topological polar surface area (TPSA) is 112 Å². The normalized spacial score (nSPS) is 16.8. The van der Waals surface area contributed by atoms with Gasteiger partial charge in [0, 0.05) is 23.1 Å². The quantitative estimate of drug-likeness (QED) is 0.460. The van der Waals surface area contributed by atoms with E-state index in [1.807, 2.05) is 35.4 Å². The van der Waals surface area contributed by atoms with Crippen molar-refractivity contribution in [2.24, 2.45) is 0 Å². The molecule has 32 heavy (non-hydrogen) atoms. The molecule has 1 unspecified atom stereocenters. The number of aromatic nitrogens is 6. The molecule has 0 amide bonds. The lowest BCUT2D eigenvalue weighted by molar-refractivity contribution is -0.0366. The molecule has 160 valence electrons. The van der Waals surface area contributed by atoms with Crippen LogP contribution in [0.4, 0.5) is 5.82 Å². The molecule has 5 heterocycles. The molecule has 0 bridgehead atoms. The van der Waals surface area contributed by atoms with E-state index in [1.165, 1.54) is 6.33 Å². The van der Waals surface area contributed by atoms with E-state index in [1.54, 1.807) is 4.52 Å². The largest absolute Gasteiger partial charge is 0.384 e. The van der Waals surface area contributed by atoms with E-state index in [0.29, 0.717) is 17.0 Å². The van der Waals surface area contributed by atoms with Crippen molar-refractivity contribution in [3.8, 4) is 11.8 Å². The third kappa shape index (κ3) is 2.44. The summed E-state index contributed by atoms with van der Waals surface area (Å²) in [5.74, 6) is 0.385. The molecule has 9 heteroatoms. The number of benzene rings is 1. The summed E-state index contributed by atoms with van der Waals surface area (Å²) in [6.45, 7) is 4.72. The number of pyridine rings is 1. The number of anilines is 1. The van der Waals surface area contributed by atoms with Gasteiger partial charge in [0.15, 0.2) is 11.9 Å². The van der Waals surface area contributed by atoms with E-state index < -0.39 is 0 Å². The van der Waals surface area contributed by atoms with Crippen molar-refractivity contribution in [3.05, 3.63) is 47.5 Å². The highest BCUT2D eigenvalue weighted by Gasteiger charge is 2.25. The SMILES string of the molecule is Cc1ccc2c(cnn2C2CCCCO2)c1-n1c(N)c(C#N)c2cc(C)n3ncnc3c21. The number of nitrogens with zero attached hydrogens (tertiary/aromatic N) is 7. The molecule has 4 aromatic heterocycles. The summed E-state index contributed by atoms with van der Waals surface area (Å²) >= 11 is 0. The predicted octanol–water partition coefficient (Wildman–Crippen LogP) is 3.79. The summed E-state index contributed by atoms with van der Waals surface area (Å²) in [5.41, 5.74) is 12.2. The van der Waals surface area contributed by atoms with Crippen LogP contribution in [0.1, 0.15) is 42.3 Å². The van der Waals surface area contributed by atoms with Crippen LogP contribution in [0.3, 0.4) is 0 Å². The Bertz CT molecular complexity index is 1560. The summed E-state index contributed by atoms with van der Waals surface area (Å²) in [6.07, 6.45) is 6.45.